The van der Waals surface area contributed by atoms with Crippen molar-refractivity contribution in [3.05, 3.63) is 10.4 Å². The number of Topliss-reactive ketones (excluding diaryl/α,β-unsaturated/α-hetero) is 1. The van der Waals surface area contributed by atoms with Crippen molar-refractivity contribution in [2.24, 2.45) is 0 Å². The van der Waals surface area contributed by atoms with Crippen LogP contribution >= 0.6 is 11.3 Å². The molecule has 0 saturated heterocycles. The van der Waals surface area contributed by atoms with Crippen LogP contribution in [0.5, 0.6) is 0 Å². The van der Waals surface area contributed by atoms with E-state index in [0.717, 1.165) is 11.3 Å². The van der Waals surface area contributed by atoms with Crippen LogP contribution in [0.15, 0.2) is 0 Å². The fourth-order valence-electron chi connectivity index (χ4n) is 1.73. The number of nitrogen functional groups attached to an aromatic ring is 1. The summed E-state index contributed by atoms with van der Waals surface area (Å²) in [6.45, 7) is 5.75. The van der Waals surface area contributed by atoms with Gasteiger partial charge < -0.3 is 20.5 Å². The molecule has 3 N–H and O–H groups in total. The van der Waals surface area contributed by atoms with E-state index in [-0.39, 0.29) is 29.7 Å². The van der Waals surface area contributed by atoms with Gasteiger partial charge in [-0.1, -0.05) is 0 Å². The number of methoxy groups -OCH3 is 1. The average molecular weight is 300 g/mol. The number of anilines is 2. The predicted octanol–water partition coefficient (Wildman–Crippen LogP) is 2.16. The molecule has 0 amide bonds. The smallest absolute Gasteiger partial charge is 0.343 e. The maximum atomic E-state index is 12.0. The third-order valence-electron chi connectivity index (χ3n) is 2.54. The molecule has 1 heterocycles. The molecule has 0 aliphatic heterocycles. The highest BCUT2D eigenvalue weighted by Crippen LogP contribution is 2.37. The lowest BCUT2D eigenvalue weighted by molar-refractivity contribution is 0.0529. The van der Waals surface area contributed by atoms with E-state index in [2.05, 4.69) is 5.32 Å². The molecule has 20 heavy (non-hydrogen) atoms. The molecule has 0 radical (unpaired) electrons. The lowest BCUT2D eigenvalue weighted by Gasteiger charge is -2.14. The predicted molar refractivity (Wildman–Crippen MR) is 79.7 cm³/mol. The Morgan fingerprint density at radius 2 is 2.10 bits per heavy atom. The van der Waals surface area contributed by atoms with Gasteiger partial charge in [0.1, 0.15) is 10.6 Å². The standard InChI is InChI=1S/C13H20N2O4S/c1-5-19-13(17)9-10(14)11(8(3)16)20-12(9)15-7(2)6-18-4/h7,15H,5-6,14H2,1-4H3. The summed E-state index contributed by atoms with van der Waals surface area (Å²) in [5.41, 5.74) is 6.30. The van der Waals surface area contributed by atoms with Gasteiger partial charge in [0.05, 0.1) is 23.8 Å². The number of nitrogens with two attached hydrogens (primary N) is 1. The zero-order valence-corrected chi connectivity index (χ0v) is 12.9. The first kappa shape index (κ1) is 16.5. The van der Waals surface area contributed by atoms with Gasteiger partial charge in [-0.25, -0.2) is 4.79 Å². The van der Waals surface area contributed by atoms with Gasteiger partial charge >= 0.3 is 5.97 Å². The van der Waals surface area contributed by atoms with Crippen LogP contribution in [-0.4, -0.2) is 38.1 Å². The van der Waals surface area contributed by atoms with Crippen LogP contribution in [0.2, 0.25) is 0 Å². The Labute approximate surface area is 122 Å². The van der Waals surface area contributed by atoms with Gasteiger partial charge in [-0.3, -0.25) is 4.79 Å². The van der Waals surface area contributed by atoms with E-state index in [9.17, 15) is 9.59 Å². The molecule has 1 unspecified atom stereocenters. The van der Waals surface area contributed by atoms with Crippen molar-refractivity contribution in [3.8, 4) is 0 Å². The van der Waals surface area contributed by atoms with Crippen LogP contribution in [0, 0.1) is 0 Å². The molecule has 0 spiro atoms. The molecule has 1 aromatic rings. The van der Waals surface area contributed by atoms with Crippen molar-refractivity contribution < 1.29 is 19.1 Å². The number of ether oxygens (including phenoxy) is 2. The number of thiophene rings is 1. The van der Waals surface area contributed by atoms with Gasteiger partial charge in [0.2, 0.25) is 0 Å². The van der Waals surface area contributed by atoms with E-state index in [1.807, 2.05) is 6.92 Å². The summed E-state index contributed by atoms with van der Waals surface area (Å²) < 4.78 is 10.0. The van der Waals surface area contributed by atoms with Crippen molar-refractivity contribution in [3.63, 3.8) is 0 Å². The third kappa shape index (κ3) is 3.71. The zero-order valence-electron chi connectivity index (χ0n) is 12.1. The number of nitrogens with one attached hydrogen (secondary N) is 1. The van der Waals surface area contributed by atoms with Crippen LogP contribution in [0.3, 0.4) is 0 Å². The van der Waals surface area contributed by atoms with E-state index >= 15 is 0 Å². The summed E-state index contributed by atoms with van der Waals surface area (Å²) in [4.78, 5) is 23.9. The Kier molecular flexibility index (Phi) is 5.97. The summed E-state index contributed by atoms with van der Waals surface area (Å²) >= 11 is 1.16. The molecule has 1 aromatic heterocycles. The highest BCUT2D eigenvalue weighted by Gasteiger charge is 2.25. The molecule has 0 aliphatic rings. The van der Waals surface area contributed by atoms with E-state index in [1.165, 1.54) is 6.92 Å². The first-order valence-corrected chi connectivity index (χ1v) is 7.09. The highest BCUT2D eigenvalue weighted by atomic mass is 32.1. The molecule has 0 saturated carbocycles. The Hall–Kier alpha value is -1.60. The lowest BCUT2D eigenvalue weighted by Crippen LogP contribution is -2.21. The SMILES string of the molecule is CCOC(=O)c1c(NC(C)COC)sc(C(C)=O)c1N. The van der Waals surface area contributed by atoms with Gasteiger partial charge in [-0.15, -0.1) is 11.3 Å². The van der Waals surface area contributed by atoms with Crippen LogP contribution in [0.25, 0.3) is 0 Å². The molecule has 0 bridgehead atoms. The summed E-state index contributed by atoms with van der Waals surface area (Å²) in [6.07, 6.45) is 0. The molecule has 7 heteroatoms. The fraction of sp³-hybridized carbons (Fsp3) is 0.538. The molecule has 1 atom stereocenters. The Morgan fingerprint density at radius 1 is 1.45 bits per heavy atom. The molecule has 0 fully saturated rings. The molecular formula is C13H20N2O4S. The number of hydrogen-bond acceptors (Lipinski definition) is 7. The van der Waals surface area contributed by atoms with Crippen LogP contribution in [-0.2, 0) is 9.47 Å². The number of carbonyl (C=O) groups excluding carboxylic acids is 2. The van der Waals surface area contributed by atoms with E-state index in [1.54, 1.807) is 14.0 Å². The summed E-state index contributed by atoms with van der Waals surface area (Å²) in [7, 11) is 1.59. The largest absolute Gasteiger partial charge is 0.462 e. The maximum Gasteiger partial charge on any atom is 0.343 e. The van der Waals surface area contributed by atoms with Crippen molar-refractivity contribution in [2.75, 3.05) is 31.4 Å². The minimum absolute atomic E-state index is 0.0222. The average Bonchev–Trinajstić information content (AvgIpc) is 2.66. The number of ketones is 1. The normalized spacial score (nSPS) is 12.0. The second-order valence-electron chi connectivity index (χ2n) is 4.33. The van der Waals surface area contributed by atoms with E-state index in [4.69, 9.17) is 15.2 Å². The third-order valence-corrected chi connectivity index (χ3v) is 3.78. The van der Waals surface area contributed by atoms with Crippen molar-refractivity contribution in [1.29, 1.82) is 0 Å². The molecule has 0 aromatic carbocycles. The van der Waals surface area contributed by atoms with Gasteiger partial charge in [0.15, 0.2) is 5.78 Å². The number of rotatable bonds is 7. The van der Waals surface area contributed by atoms with Crippen molar-refractivity contribution in [1.82, 2.24) is 0 Å². The molecule has 1 rings (SSSR count). The molecule has 6 nitrogen and oxygen atoms in total. The monoisotopic (exact) mass is 300 g/mol. The molecular weight excluding hydrogens is 280 g/mol. The first-order chi connectivity index (χ1) is 9.42. The Balaban J connectivity index is 3.16. The Morgan fingerprint density at radius 3 is 2.60 bits per heavy atom. The van der Waals surface area contributed by atoms with Crippen molar-refractivity contribution >= 4 is 33.8 Å². The quantitative estimate of drug-likeness (QED) is 0.592. The van der Waals surface area contributed by atoms with Gasteiger partial charge in [0.25, 0.3) is 0 Å². The minimum atomic E-state index is -0.527. The summed E-state index contributed by atoms with van der Waals surface area (Å²) in [5.74, 6) is -0.702. The molecule has 0 aliphatic carbocycles. The Bertz CT molecular complexity index is 499. The van der Waals surface area contributed by atoms with E-state index in [0.29, 0.717) is 16.5 Å². The second kappa shape index (κ2) is 7.25. The molecule has 112 valence electrons. The maximum absolute atomic E-state index is 12.0. The minimum Gasteiger partial charge on any atom is -0.462 e. The van der Waals surface area contributed by atoms with Gasteiger partial charge in [-0.05, 0) is 13.8 Å². The number of hydrogen-bond donors (Lipinski definition) is 2. The van der Waals surface area contributed by atoms with Gasteiger partial charge in [-0.2, -0.15) is 0 Å². The number of esters is 1. The van der Waals surface area contributed by atoms with Crippen LogP contribution in [0.1, 0.15) is 40.8 Å². The highest BCUT2D eigenvalue weighted by molar-refractivity contribution is 7.19. The topological polar surface area (TPSA) is 90.6 Å². The summed E-state index contributed by atoms with van der Waals surface area (Å²) in [5, 5.41) is 3.66. The summed E-state index contributed by atoms with van der Waals surface area (Å²) in [6, 6.07) is -0.0222. The fourth-order valence-corrected chi connectivity index (χ4v) is 2.84. The van der Waals surface area contributed by atoms with E-state index < -0.39 is 5.97 Å². The van der Waals surface area contributed by atoms with Crippen molar-refractivity contribution in [2.45, 2.75) is 26.8 Å². The second-order valence-corrected chi connectivity index (χ2v) is 5.35. The number of carbonyl (C=O) groups is 2. The first-order valence-electron chi connectivity index (χ1n) is 6.28. The van der Waals surface area contributed by atoms with Crippen LogP contribution < -0.4 is 11.1 Å². The van der Waals surface area contributed by atoms with Crippen LogP contribution in [0.4, 0.5) is 10.7 Å². The van der Waals surface area contributed by atoms with Gasteiger partial charge in [0, 0.05) is 20.1 Å². The lowest BCUT2D eigenvalue weighted by atomic mass is 10.2. The zero-order chi connectivity index (χ0) is 15.3.